The van der Waals surface area contributed by atoms with Crippen LogP contribution in [0.2, 0.25) is 5.02 Å². The second kappa shape index (κ2) is 10.9. The van der Waals surface area contributed by atoms with Gasteiger partial charge in [-0.1, -0.05) is 25.4 Å². The van der Waals surface area contributed by atoms with Gasteiger partial charge >= 0.3 is 6.09 Å². The summed E-state index contributed by atoms with van der Waals surface area (Å²) >= 11 is 5.88. The van der Waals surface area contributed by atoms with Crippen molar-refractivity contribution in [1.82, 2.24) is 15.3 Å². The number of nitrogens with one attached hydrogen (secondary N) is 3. The number of aromatic nitrogens is 2. The van der Waals surface area contributed by atoms with Crippen molar-refractivity contribution < 1.29 is 18.7 Å². The zero-order valence-corrected chi connectivity index (χ0v) is 21.0. The zero-order valence-electron chi connectivity index (χ0n) is 20.3. The molecule has 0 bridgehead atoms. The molecule has 1 heterocycles. The van der Waals surface area contributed by atoms with E-state index in [2.05, 4.69) is 25.9 Å². The number of alkyl carbamates (subject to hydrolysis) is 1. The van der Waals surface area contributed by atoms with Gasteiger partial charge < -0.3 is 20.7 Å². The zero-order chi connectivity index (χ0) is 25.8. The molecule has 3 rings (SSSR count). The van der Waals surface area contributed by atoms with Crippen molar-refractivity contribution in [3.8, 4) is 0 Å². The molecule has 0 radical (unpaired) electrons. The van der Waals surface area contributed by atoms with Crippen LogP contribution in [0.25, 0.3) is 10.9 Å². The number of rotatable bonds is 7. The Morgan fingerprint density at radius 3 is 2.46 bits per heavy atom. The predicted octanol–water partition coefficient (Wildman–Crippen LogP) is 6.04. The molecule has 0 fully saturated rings. The van der Waals surface area contributed by atoms with Crippen molar-refractivity contribution in [3.05, 3.63) is 53.6 Å². The molecule has 0 spiro atoms. The van der Waals surface area contributed by atoms with E-state index in [0.29, 0.717) is 34.5 Å². The molecule has 0 aliphatic rings. The molecule has 35 heavy (non-hydrogen) atoms. The maximum atomic E-state index is 13.5. The highest BCUT2D eigenvalue weighted by Crippen LogP contribution is 2.28. The van der Waals surface area contributed by atoms with E-state index in [-0.39, 0.29) is 16.8 Å². The molecule has 0 aliphatic heterocycles. The Labute approximate surface area is 208 Å². The van der Waals surface area contributed by atoms with Crippen molar-refractivity contribution in [2.45, 2.75) is 52.7 Å². The number of ether oxygens (including phenoxy) is 1. The quantitative estimate of drug-likeness (QED) is 0.364. The molecule has 3 N–H and O–H groups in total. The van der Waals surface area contributed by atoms with Crippen LogP contribution in [0, 0.1) is 11.7 Å². The fraction of sp³-hybridized carbons (Fsp3) is 0.360. The first-order chi connectivity index (χ1) is 16.4. The molecule has 0 saturated carbocycles. The smallest absolute Gasteiger partial charge is 0.408 e. The summed E-state index contributed by atoms with van der Waals surface area (Å²) in [6.07, 6.45) is 1.17. The molecule has 2 amide bonds. The third-order valence-electron chi connectivity index (χ3n) is 4.80. The monoisotopic (exact) mass is 501 g/mol. The lowest BCUT2D eigenvalue weighted by molar-refractivity contribution is -0.118. The fourth-order valence-electron chi connectivity index (χ4n) is 3.33. The number of anilines is 3. The van der Waals surface area contributed by atoms with E-state index < -0.39 is 23.6 Å². The normalized spacial score (nSPS) is 12.3. The first kappa shape index (κ1) is 26.2. The highest BCUT2D eigenvalue weighted by molar-refractivity contribution is 6.31. The lowest BCUT2D eigenvalue weighted by atomic mass is 10.0. The molecule has 10 heteroatoms. The number of fused-ring (bicyclic) bond motifs is 1. The van der Waals surface area contributed by atoms with Crippen molar-refractivity contribution in [3.63, 3.8) is 0 Å². The summed E-state index contributed by atoms with van der Waals surface area (Å²) in [5, 5.41) is 9.23. The predicted molar refractivity (Wildman–Crippen MR) is 135 cm³/mol. The maximum absolute atomic E-state index is 13.5. The van der Waals surface area contributed by atoms with Gasteiger partial charge in [-0.3, -0.25) is 4.79 Å². The lowest BCUT2D eigenvalue weighted by Crippen LogP contribution is -2.46. The second-order valence-corrected chi connectivity index (χ2v) is 9.93. The lowest BCUT2D eigenvalue weighted by Gasteiger charge is -2.24. The second-order valence-electron chi connectivity index (χ2n) is 9.53. The number of hydrogen-bond acceptors (Lipinski definition) is 6. The van der Waals surface area contributed by atoms with Crippen LogP contribution in [0.15, 0.2) is 42.7 Å². The number of halogens is 2. The Bertz CT molecular complexity index is 1230. The number of nitrogens with zero attached hydrogens (tertiary/aromatic N) is 2. The van der Waals surface area contributed by atoms with E-state index >= 15 is 0 Å². The molecule has 0 aliphatic carbocycles. The number of benzene rings is 2. The molecule has 1 aromatic heterocycles. The summed E-state index contributed by atoms with van der Waals surface area (Å²) in [5.74, 6) is -0.283. The Kier molecular flexibility index (Phi) is 8.11. The Balaban J connectivity index is 1.82. The van der Waals surface area contributed by atoms with Crippen molar-refractivity contribution in [2.75, 3.05) is 10.6 Å². The van der Waals surface area contributed by atoms with E-state index in [1.807, 2.05) is 13.8 Å². The third-order valence-corrected chi connectivity index (χ3v) is 5.09. The van der Waals surface area contributed by atoms with E-state index in [9.17, 15) is 14.0 Å². The summed E-state index contributed by atoms with van der Waals surface area (Å²) in [5.41, 5.74) is 1.00. The fourth-order valence-corrected chi connectivity index (χ4v) is 3.51. The minimum atomic E-state index is -0.786. The van der Waals surface area contributed by atoms with E-state index in [0.717, 1.165) is 0 Å². The van der Waals surface area contributed by atoms with Crippen LogP contribution in [0.4, 0.5) is 26.4 Å². The highest BCUT2D eigenvalue weighted by Gasteiger charge is 2.25. The minimum Gasteiger partial charge on any atom is -0.444 e. The van der Waals surface area contributed by atoms with Crippen LogP contribution >= 0.6 is 11.6 Å². The van der Waals surface area contributed by atoms with Gasteiger partial charge in [-0.15, -0.1) is 0 Å². The topological polar surface area (TPSA) is 105 Å². The summed E-state index contributed by atoms with van der Waals surface area (Å²) in [4.78, 5) is 33.9. The molecule has 0 saturated heterocycles. The number of amides is 2. The van der Waals surface area contributed by atoms with Crippen molar-refractivity contribution in [1.29, 1.82) is 0 Å². The molecule has 2 aromatic carbocycles. The molecular weight excluding hydrogens is 473 g/mol. The van der Waals surface area contributed by atoms with Crippen LogP contribution in [0.3, 0.4) is 0 Å². The Morgan fingerprint density at radius 2 is 1.80 bits per heavy atom. The van der Waals surface area contributed by atoms with Gasteiger partial charge in [0.2, 0.25) is 5.91 Å². The molecule has 1 atom stereocenters. The van der Waals surface area contributed by atoms with Gasteiger partial charge in [0.1, 0.15) is 29.6 Å². The number of hydrogen-bond donors (Lipinski definition) is 3. The van der Waals surface area contributed by atoms with Gasteiger partial charge in [0.05, 0.1) is 10.5 Å². The molecule has 186 valence electrons. The summed E-state index contributed by atoms with van der Waals surface area (Å²) in [7, 11) is 0. The molecule has 3 aromatic rings. The average Bonchev–Trinajstić information content (AvgIpc) is 2.74. The number of carbonyl (C=O) groups is 2. The van der Waals surface area contributed by atoms with Crippen LogP contribution in [-0.2, 0) is 9.53 Å². The van der Waals surface area contributed by atoms with Gasteiger partial charge in [-0.25, -0.2) is 19.2 Å². The van der Waals surface area contributed by atoms with Crippen LogP contribution < -0.4 is 16.0 Å². The van der Waals surface area contributed by atoms with Gasteiger partial charge in [0.15, 0.2) is 0 Å². The van der Waals surface area contributed by atoms with Crippen molar-refractivity contribution in [2.24, 2.45) is 5.92 Å². The number of carbonyl (C=O) groups excluding carboxylic acids is 2. The molecule has 0 unspecified atom stereocenters. The molecular formula is C25H29ClFN5O3. The first-order valence-electron chi connectivity index (χ1n) is 11.2. The van der Waals surface area contributed by atoms with E-state index in [1.54, 1.807) is 45.0 Å². The van der Waals surface area contributed by atoms with Gasteiger partial charge in [-0.05, 0) is 69.5 Å². The van der Waals surface area contributed by atoms with Gasteiger partial charge in [-0.2, -0.15) is 0 Å². The average molecular weight is 502 g/mol. The third kappa shape index (κ3) is 7.51. The van der Waals surface area contributed by atoms with Crippen molar-refractivity contribution >= 4 is 51.7 Å². The summed E-state index contributed by atoms with van der Waals surface area (Å²) in [6, 6.07) is 8.65. The highest BCUT2D eigenvalue weighted by atomic mass is 35.5. The molecule has 8 nitrogen and oxygen atoms in total. The van der Waals surface area contributed by atoms with Gasteiger partial charge in [0, 0.05) is 16.8 Å². The standard InChI is InChI=1S/C25H29ClFN5O3/c1-14(2)10-21(32-24(34)35-25(3,4)5)23(33)31-15-7-9-20-17(11-15)22(29-13-28-20)30-16-6-8-19(27)18(26)12-16/h6-9,11-14,21H,10H2,1-5H3,(H,31,33)(H,32,34)(H,28,29,30)/t21-/m0/s1. The van der Waals surface area contributed by atoms with Crippen LogP contribution in [0.5, 0.6) is 0 Å². The van der Waals surface area contributed by atoms with E-state index in [1.165, 1.54) is 18.5 Å². The maximum Gasteiger partial charge on any atom is 0.408 e. The summed E-state index contributed by atoms with van der Waals surface area (Å²) < 4.78 is 18.8. The Hall–Kier alpha value is -3.46. The SMILES string of the molecule is CC(C)C[C@H](NC(=O)OC(C)(C)C)C(=O)Nc1ccc2ncnc(Nc3ccc(F)c(Cl)c3)c2c1. The van der Waals surface area contributed by atoms with Gasteiger partial charge in [0.25, 0.3) is 0 Å². The first-order valence-corrected chi connectivity index (χ1v) is 11.6. The minimum absolute atomic E-state index is 0.0185. The van der Waals surface area contributed by atoms with Crippen LogP contribution in [-0.4, -0.2) is 33.6 Å². The van der Waals surface area contributed by atoms with E-state index in [4.69, 9.17) is 16.3 Å². The Morgan fingerprint density at radius 1 is 1.09 bits per heavy atom. The van der Waals surface area contributed by atoms with Crippen LogP contribution in [0.1, 0.15) is 41.0 Å². The summed E-state index contributed by atoms with van der Waals surface area (Å²) in [6.45, 7) is 9.19. The largest absolute Gasteiger partial charge is 0.444 e.